The summed E-state index contributed by atoms with van der Waals surface area (Å²) >= 11 is 5.23. The Bertz CT molecular complexity index is 396. The van der Waals surface area contributed by atoms with Crippen molar-refractivity contribution in [3.05, 3.63) is 4.77 Å². The van der Waals surface area contributed by atoms with Crippen LogP contribution in [-0.2, 0) is 4.74 Å². The number of ether oxygens (including phenoxy) is 1. The highest BCUT2D eigenvalue weighted by atomic mass is 32.1. The Morgan fingerprint density at radius 1 is 1.62 bits per heavy atom. The second-order valence-corrected chi connectivity index (χ2v) is 4.44. The molecule has 5 nitrogen and oxygen atoms in total. The fourth-order valence-electron chi connectivity index (χ4n) is 1.67. The summed E-state index contributed by atoms with van der Waals surface area (Å²) in [6.45, 7) is 4.31. The van der Waals surface area contributed by atoms with Crippen LogP contribution in [-0.4, -0.2) is 41.6 Å². The van der Waals surface area contributed by atoms with E-state index in [9.17, 15) is 0 Å². The molecular weight excluding hydrogens is 224 g/mol. The van der Waals surface area contributed by atoms with Crippen molar-refractivity contribution in [1.29, 1.82) is 0 Å². The van der Waals surface area contributed by atoms with Crippen LogP contribution < -0.4 is 4.90 Å². The molecule has 0 unspecified atom stereocenters. The number of hydrogen-bond acceptors (Lipinski definition) is 4. The van der Waals surface area contributed by atoms with E-state index in [0.717, 1.165) is 30.5 Å². The molecule has 0 aliphatic heterocycles. The Balaban J connectivity index is 2.04. The molecule has 16 heavy (non-hydrogen) atoms. The molecule has 1 saturated carbocycles. The Morgan fingerprint density at radius 3 is 3.00 bits per heavy atom. The summed E-state index contributed by atoms with van der Waals surface area (Å²) in [6, 6.07) is 0.552. The third kappa shape index (κ3) is 2.44. The predicted molar refractivity (Wildman–Crippen MR) is 65.4 cm³/mol. The normalized spacial score (nSPS) is 15.4. The molecule has 1 fully saturated rings. The molecule has 6 heteroatoms. The zero-order valence-corrected chi connectivity index (χ0v) is 10.6. The topological polar surface area (TPSA) is 46.1 Å². The van der Waals surface area contributed by atoms with E-state index in [4.69, 9.17) is 17.0 Å². The van der Waals surface area contributed by atoms with Crippen LogP contribution in [0.3, 0.4) is 0 Å². The molecule has 0 spiro atoms. The quantitative estimate of drug-likeness (QED) is 0.610. The fraction of sp³-hybridized carbons (Fsp3) is 0.800. The highest BCUT2D eigenvalue weighted by Crippen LogP contribution is 2.37. The standard InChI is InChI=1S/C10H18N4OS/c1-3-15-7-6-13(2)9-11-12-10(16)14(9)8-4-5-8/h8H,3-7H2,1-2H3,(H,12,16). The van der Waals surface area contributed by atoms with Gasteiger partial charge in [0.25, 0.3) is 0 Å². The fourth-order valence-corrected chi connectivity index (χ4v) is 1.95. The SMILES string of the molecule is CCOCCN(C)c1n[nH]c(=S)n1C1CC1. The van der Waals surface area contributed by atoms with E-state index in [0.29, 0.717) is 6.04 Å². The molecule has 0 aromatic carbocycles. The highest BCUT2D eigenvalue weighted by Gasteiger charge is 2.28. The zero-order valence-electron chi connectivity index (χ0n) is 9.77. The zero-order chi connectivity index (χ0) is 11.5. The number of nitrogens with zero attached hydrogens (tertiary/aromatic N) is 3. The van der Waals surface area contributed by atoms with Crippen LogP contribution in [0.15, 0.2) is 0 Å². The molecule has 1 heterocycles. The van der Waals surface area contributed by atoms with E-state index in [1.165, 1.54) is 12.8 Å². The summed E-state index contributed by atoms with van der Waals surface area (Å²) in [7, 11) is 2.02. The lowest BCUT2D eigenvalue weighted by molar-refractivity contribution is 0.154. The van der Waals surface area contributed by atoms with Gasteiger partial charge in [-0.05, 0) is 32.0 Å². The average molecular weight is 242 g/mol. The van der Waals surface area contributed by atoms with Gasteiger partial charge in [-0.25, -0.2) is 5.10 Å². The maximum atomic E-state index is 5.33. The molecule has 1 aliphatic rings. The first-order valence-corrected chi connectivity index (χ1v) is 6.10. The lowest BCUT2D eigenvalue weighted by Crippen LogP contribution is -2.25. The third-order valence-corrected chi connectivity index (χ3v) is 3.00. The van der Waals surface area contributed by atoms with Crippen molar-refractivity contribution < 1.29 is 4.74 Å². The lowest BCUT2D eigenvalue weighted by Gasteiger charge is -2.18. The number of hydrogen-bond donors (Lipinski definition) is 1. The molecule has 1 aromatic rings. The Morgan fingerprint density at radius 2 is 2.38 bits per heavy atom. The largest absolute Gasteiger partial charge is 0.380 e. The van der Waals surface area contributed by atoms with E-state index in [2.05, 4.69) is 19.7 Å². The van der Waals surface area contributed by atoms with Gasteiger partial charge in [0.1, 0.15) is 0 Å². The van der Waals surface area contributed by atoms with Crippen molar-refractivity contribution in [2.24, 2.45) is 0 Å². The summed E-state index contributed by atoms with van der Waals surface area (Å²) in [6.07, 6.45) is 2.42. The second kappa shape index (κ2) is 4.97. The molecule has 90 valence electrons. The number of anilines is 1. The lowest BCUT2D eigenvalue weighted by atomic mass is 10.5. The van der Waals surface area contributed by atoms with Crippen molar-refractivity contribution >= 4 is 18.2 Å². The van der Waals surface area contributed by atoms with Crippen LogP contribution in [0.4, 0.5) is 5.95 Å². The van der Waals surface area contributed by atoms with Crippen molar-refractivity contribution in [2.45, 2.75) is 25.8 Å². The first kappa shape index (κ1) is 11.6. The number of aromatic amines is 1. The molecule has 0 saturated heterocycles. The number of H-pyrrole nitrogens is 1. The van der Waals surface area contributed by atoms with E-state index >= 15 is 0 Å². The minimum atomic E-state index is 0.552. The van der Waals surface area contributed by atoms with Gasteiger partial charge in [0, 0.05) is 26.2 Å². The van der Waals surface area contributed by atoms with Gasteiger partial charge in [0.2, 0.25) is 5.95 Å². The second-order valence-electron chi connectivity index (χ2n) is 4.05. The first-order chi connectivity index (χ1) is 7.74. The van der Waals surface area contributed by atoms with Crippen LogP contribution >= 0.6 is 12.2 Å². The molecule has 1 aromatic heterocycles. The third-order valence-electron chi connectivity index (χ3n) is 2.71. The monoisotopic (exact) mass is 242 g/mol. The van der Waals surface area contributed by atoms with Crippen LogP contribution in [0.25, 0.3) is 0 Å². The molecule has 0 atom stereocenters. The predicted octanol–water partition coefficient (Wildman–Crippen LogP) is 1.75. The van der Waals surface area contributed by atoms with Gasteiger partial charge in [-0.3, -0.25) is 4.57 Å². The summed E-state index contributed by atoms with van der Waals surface area (Å²) < 4.78 is 8.17. The molecule has 1 N–H and O–H groups in total. The summed E-state index contributed by atoms with van der Waals surface area (Å²) in [5.41, 5.74) is 0. The number of likely N-dealkylation sites (N-methyl/N-ethyl adjacent to an activating group) is 1. The minimum Gasteiger partial charge on any atom is -0.380 e. The van der Waals surface area contributed by atoms with E-state index in [-0.39, 0.29) is 0 Å². The van der Waals surface area contributed by atoms with Crippen molar-refractivity contribution in [3.63, 3.8) is 0 Å². The molecule has 0 radical (unpaired) electrons. The maximum Gasteiger partial charge on any atom is 0.225 e. The Labute approximate surface area is 100 Å². The minimum absolute atomic E-state index is 0.552. The van der Waals surface area contributed by atoms with Gasteiger partial charge < -0.3 is 9.64 Å². The van der Waals surface area contributed by atoms with Crippen molar-refractivity contribution in [1.82, 2.24) is 14.8 Å². The number of rotatable bonds is 6. The van der Waals surface area contributed by atoms with Crippen LogP contribution in [0.5, 0.6) is 0 Å². The summed E-state index contributed by atoms with van der Waals surface area (Å²) in [4.78, 5) is 2.08. The molecule has 0 bridgehead atoms. The molecule has 0 amide bonds. The van der Waals surface area contributed by atoms with Gasteiger partial charge in [-0.2, -0.15) is 0 Å². The van der Waals surface area contributed by atoms with Gasteiger partial charge >= 0.3 is 0 Å². The average Bonchev–Trinajstić information content (AvgIpc) is 3.02. The van der Waals surface area contributed by atoms with Crippen LogP contribution in [0.2, 0.25) is 0 Å². The van der Waals surface area contributed by atoms with Crippen LogP contribution in [0.1, 0.15) is 25.8 Å². The van der Waals surface area contributed by atoms with Gasteiger partial charge in [-0.1, -0.05) is 0 Å². The first-order valence-electron chi connectivity index (χ1n) is 5.69. The van der Waals surface area contributed by atoms with Crippen molar-refractivity contribution in [2.75, 3.05) is 31.7 Å². The maximum absolute atomic E-state index is 5.33. The van der Waals surface area contributed by atoms with Crippen LogP contribution in [0, 0.1) is 4.77 Å². The molecular formula is C10H18N4OS. The number of nitrogens with one attached hydrogen (secondary N) is 1. The summed E-state index contributed by atoms with van der Waals surface area (Å²) in [5, 5.41) is 7.13. The Kier molecular flexibility index (Phi) is 3.60. The molecule has 1 aliphatic carbocycles. The molecule has 2 rings (SSSR count). The van der Waals surface area contributed by atoms with Crippen molar-refractivity contribution in [3.8, 4) is 0 Å². The van der Waals surface area contributed by atoms with Gasteiger partial charge in [0.15, 0.2) is 4.77 Å². The highest BCUT2D eigenvalue weighted by molar-refractivity contribution is 7.71. The Hall–Kier alpha value is -0.880. The summed E-state index contributed by atoms with van der Waals surface area (Å²) in [5.74, 6) is 0.923. The van der Waals surface area contributed by atoms with E-state index in [1.54, 1.807) is 0 Å². The van der Waals surface area contributed by atoms with E-state index < -0.39 is 0 Å². The smallest absolute Gasteiger partial charge is 0.225 e. The number of aromatic nitrogens is 3. The van der Waals surface area contributed by atoms with E-state index in [1.807, 2.05) is 14.0 Å². The van der Waals surface area contributed by atoms with Gasteiger partial charge in [-0.15, -0.1) is 5.10 Å². The van der Waals surface area contributed by atoms with Gasteiger partial charge in [0.05, 0.1) is 6.61 Å².